The number of unbranched alkanes of at least 4 members (excludes halogenated alkanes) is 5. The highest BCUT2D eigenvalue weighted by Crippen LogP contribution is 2.17. The summed E-state index contributed by atoms with van der Waals surface area (Å²) in [4.78, 5) is 22.3. The van der Waals surface area contributed by atoms with Crippen molar-refractivity contribution < 1.29 is 19.1 Å². The van der Waals surface area contributed by atoms with Gasteiger partial charge in [0, 0.05) is 0 Å². The molecule has 2 aromatic rings. The zero-order valence-electron chi connectivity index (χ0n) is 16.8. The molecule has 29 heavy (non-hydrogen) atoms. The van der Waals surface area contributed by atoms with Crippen LogP contribution >= 0.6 is 0 Å². The van der Waals surface area contributed by atoms with E-state index in [2.05, 4.69) is 29.6 Å². The van der Waals surface area contributed by atoms with Gasteiger partial charge in [0.2, 0.25) is 0 Å². The molecule has 1 unspecified atom stereocenters. The predicted molar refractivity (Wildman–Crippen MR) is 112 cm³/mol. The first-order chi connectivity index (χ1) is 14.2. The number of nitrogens with one attached hydrogen (secondary N) is 1. The summed E-state index contributed by atoms with van der Waals surface area (Å²) in [6, 6.07) is 18.6. The van der Waals surface area contributed by atoms with E-state index in [1.807, 2.05) is 30.3 Å². The minimum absolute atomic E-state index is 0.300. The summed E-state index contributed by atoms with van der Waals surface area (Å²) in [5.74, 6) is 0.603. The lowest BCUT2D eigenvalue weighted by Crippen LogP contribution is -2.24. The number of carbonyl (C=O) groups is 2. The van der Waals surface area contributed by atoms with Crippen LogP contribution in [-0.4, -0.2) is 18.1 Å². The molecule has 154 valence electrons. The van der Waals surface area contributed by atoms with Crippen LogP contribution in [0.4, 0.5) is 4.79 Å². The highest BCUT2D eigenvalue weighted by atomic mass is 16.6. The molecular weight excluding hydrogens is 366 g/mol. The number of amides is 2. The minimum atomic E-state index is -0.615. The van der Waals surface area contributed by atoms with E-state index in [-0.39, 0.29) is 5.91 Å². The maximum atomic E-state index is 11.4. The van der Waals surface area contributed by atoms with Crippen LogP contribution in [0.1, 0.15) is 56.1 Å². The number of imide groups is 1. The number of aryl methyl sites for hydroxylation is 1. The van der Waals surface area contributed by atoms with Gasteiger partial charge in [-0.15, -0.1) is 0 Å². The lowest BCUT2D eigenvalue weighted by molar-refractivity contribution is -0.123. The number of hydrogen-bond acceptors (Lipinski definition) is 4. The molecule has 1 aliphatic rings. The Morgan fingerprint density at radius 1 is 0.793 bits per heavy atom. The molecule has 1 N–H and O–H groups in total. The Labute approximate surface area is 172 Å². The molecule has 2 aromatic carbocycles. The molecule has 1 atom stereocenters. The van der Waals surface area contributed by atoms with Gasteiger partial charge in [-0.25, -0.2) is 4.79 Å². The lowest BCUT2D eigenvalue weighted by atomic mass is 10.0. The van der Waals surface area contributed by atoms with Crippen molar-refractivity contribution in [3.8, 4) is 5.75 Å². The Kier molecular flexibility index (Phi) is 8.11. The van der Waals surface area contributed by atoms with Crippen molar-refractivity contribution in [2.24, 2.45) is 0 Å². The van der Waals surface area contributed by atoms with Gasteiger partial charge in [0.1, 0.15) is 12.4 Å². The Bertz CT molecular complexity index is 773. The second kappa shape index (κ2) is 11.2. The monoisotopic (exact) mass is 395 g/mol. The van der Waals surface area contributed by atoms with Gasteiger partial charge in [-0.05, 0) is 48.9 Å². The normalized spacial score (nSPS) is 15.8. The molecule has 0 bridgehead atoms. The summed E-state index contributed by atoms with van der Waals surface area (Å²) in [6.45, 7) is 0.591. The number of alkyl carbamates (subject to hydrolysis) is 1. The maximum absolute atomic E-state index is 11.4. The van der Waals surface area contributed by atoms with Crippen LogP contribution in [0.2, 0.25) is 0 Å². The van der Waals surface area contributed by atoms with Crippen LogP contribution in [0.25, 0.3) is 0 Å². The largest absolute Gasteiger partial charge is 0.489 e. The molecule has 5 heteroatoms. The first-order valence-electron chi connectivity index (χ1n) is 10.5. The topological polar surface area (TPSA) is 64.6 Å². The van der Waals surface area contributed by atoms with E-state index in [1.165, 1.54) is 30.4 Å². The second-order valence-corrected chi connectivity index (χ2v) is 7.46. The van der Waals surface area contributed by atoms with Crippen molar-refractivity contribution in [1.82, 2.24) is 5.32 Å². The minimum Gasteiger partial charge on any atom is -0.489 e. The number of ether oxygens (including phenoxy) is 2. The molecule has 1 fully saturated rings. The maximum Gasteiger partial charge on any atom is 0.414 e. The molecule has 0 aromatic heterocycles. The van der Waals surface area contributed by atoms with Crippen LogP contribution in [-0.2, 0) is 22.6 Å². The standard InChI is InChI=1S/C24H29NO4/c26-23-22(29-24(27)25-23)13-9-4-2-1-3-6-10-19-14-16-21(17-15-19)28-18-20-11-7-5-8-12-20/h5,7-8,11-12,14-17,22H,1-4,6,9-10,13,18H2,(H,25,26,27). The smallest absolute Gasteiger partial charge is 0.414 e. The van der Waals surface area contributed by atoms with Gasteiger partial charge in [0.25, 0.3) is 5.91 Å². The molecule has 2 amide bonds. The molecule has 0 saturated carbocycles. The first kappa shape index (κ1) is 20.9. The molecule has 0 aliphatic carbocycles. The van der Waals surface area contributed by atoms with Crippen LogP contribution < -0.4 is 10.1 Å². The van der Waals surface area contributed by atoms with E-state index in [1.54, 1.807) is 0 Å². The van der Waals surface area contributed by atoms with Crippen molar-refractivity contribution in [2.75, 3.05) is 0 Å². The van der Waals surface area contributed by atoms with Gasteiger partial charge >= 0.3 is 6.09 Å². The van der Waals surface area contributed by atoms with Gasteiger partial charge in [-0.3, -0.25) is 10.1 Å². The summed E-state index contributed by atoms with van der Waals surface area (Å²) >= 11 is 0. The Balaban J connectivity index is 1.22. The van der Waals surface area contributed by atoms with Gasteiger partial charge in [-0.2, -0.15) is 0 Å². The molecule has 1 saturated heterocycles. The SMILES string of the molecule is O=C1NC(=O)C(CCCCCCCCc2ccc(OCc3ccccc3)cc2)O1. The summed E-state index contributed by atoms with van der Waals surface area (Å²) in [6.07, 6.45) is 7.19. The highest BCUT2D eigenvalue weighted by Gasteiger charge is 2.31. The number of rotatable bonds is 12. The van der Waals surface area contributed by atoms with E-state index in [0.717, 1.165) is 31.4 Å². The first-order valence-corrected chi connectivity index (χ1v) is 10.5. The van der Waals surface area contributed by atoms with E-state index in [9.17, 15) is 9.59 Å². The number of hydrogen-bond donors (Lipinski definition) is 1. The van der Waals surface area contributed by atoms with Crippen molar-refractivity contribution in [3.05, 3.63) is 65.7 Å². The van der Waals surface area contributed by atoms with Gasteiger partial charge < -0.3 is 9.47 Å². The zero-order valence-corrected chi connectivity index (χ0v) is 16.8. The fourth-order valence-electron chi connectivity index (χ4n) is 3.44. The fourth-order valence-corrected chi connectivity index (χ4v) is 3.44. The quantitative estimate of drug-likeness (QED) is 0.503. The summed E-state index contributed by atoms with van der Waals surface area (Å²) < 4.78 is 10.7. The van der Waals surface area contributed by atoms with Crippen molar-refractivity contribution in [3.63, 3.8) is 0 Å². The molecule has 0 radical (unpaired) electrons. The molecule has 5 nitrogen and oxygen atoms in total. The van der Waals surface area contributed by atoms with Crippen molar-refractivity contribution in [1.29, 1.82) is 0 Å². The molecular formula is C24H29NO4. The van der Waals surface area contributed by atoms with Crippen LogP contribution in [0.15, 0.2) is 54.6 Å². The van der Waals surface area contributed by atoms with Gasteiger partial charge in [0.15, 0.2) is 6.10 Å². The fraction of sp³-hybridized carbons (Fsp3) is 0.417. The lowest BCUT2D eigenvalue weighted by Gasteiger charge is -2.08. The third kappa shape index (κ3) is 7.26. The molecule has 3 rings (SSSR count). The Morgan fingerprint density at radius 2 is 1.48 bits per heavy atom. The summed E-state index contributed by atoms with van der Waals surface area (Å²) in [5.41, 5.74) is 2.51. The molecule has 1 aliphatic heterocycles. The van der Waals surface area contributed by atoms with E-state index >= 15 is 0 Å². The highest BCUT2D eigenvalue weighted by molar-refractivity contribution is 5.99. The summed E-state index contributed by atoms with van der Waals surface area (Å²) in [7, 11) is 0. The number of cyclic esters (lactones) is 1. The third-order valence-electron chi connectivity index (χ3n) is 5.12. The van der Waals surface area contributed by atoms with E-state index in [0.29, 0.717) is 13.0 Å². The number of benzene rings is 2. The van der Waals surface area contributed by atoms with Gasteiger partial charge in [-0.1, -0.05) is 68.1 Å². The second-order valence-electron chi connectivity index (χ2n) is 7.46. The Hall–Kier alpha value is -2.82. The van der Waals surface area contributed by atoms with E-state index in [4.69, 9.17) is 9.47 Å². The van der Waals surface area contributed by atoms with Crippen LogP contribution in [0, 0.1) is 0 Å². The average molecular weight is 395 g/mol. The van der Waals surface area contributed by atoms with Crippen molar-refractivity contribution in [2.45, 2.75) is 64.1 Å². The third-order valence-corrected chi connectivity index (χ3v) is 5.12. The zero-order chi connectivity index (χ0) is 20.3. The summed E-state index contributed by atoms with van der Waals surface area (Å²) in [5, 5.41) is 2.16. The van der Waals surface area contributed by atoms with Crippen LogP contribution in [0.5, 0.6) is 5.75 Å². The predicted octanol–water partition coefficient (Wildman–Crippen LogP) is 5.17. The molecule has 0 spiro atoms. The average Bonchev–Trinajstić information content (AvgIpc) is 3.07. The number of carbonyl (C=O) groups excluding carboxylic acids is 2. The van der Waals surface area contributed by atoms with Crippen molar-refractivity contribution >= 4 is 12.0 Å². The van der Waals surface area contributed by atoms with Gasteiger partial charge in [0.05, 0.1) is 0 Å². The van der Waals surface area contributed by atoms with E-state index < -0.39 is 12.2 Å². The molecule has 1 heterocycles. The van der Waals surface area contributed by atoms with Crippen LogP contribution in [0.3, 0.4) is 0 Å². The Morgan fingerprint density at radius 3 is 2.17 bits per heavy atom.